The minimum Gasteiger partial charge on any atom is -0.463 e. The van der Waals surface area contributed by atoms with Crippen LogP contribution >= 0.6 is 11.6 Å². The lowest BCUT2D eigenvalue weighted by atomic mass is 9.83. The van der Waals surface area contributed by atoms with Crippen LogP contribution in [-0.2, 0) is 23.9 Å². The molecule has 2 rings (SSSR count). The summed E-state index contributed by atoms with van der Waals surface area (Å²) in [5, 5.41) is 3.15. The molecule has 0 fully saturated rings. The zero-order valence-electron chi connectivity index (χ0n) is 16.3. The minimum atomic E-state index is -0.520. The van der Waals surface area contributed by atoms with Crippen LogP contribution in [0.5, 0.6) is 0 Å². The van der Waals surface area contributed by atoms with Crippen molar-refractivity contribution in [3.05, 3.63) is 46.1 Å². The van der Waals surface area contributed by atoms with Gasteiger partial charge in [0.15, 0.2) is 0 Å². The van der Waals surface area contributed by atoms with Crippen molar-refractivity contribution in [3.8, 4) is 0 Å². The van der Waals surface area contributed by atoms with E-state index in [0.717, 1.165) is 0 Å². The van der Waals surface area contributed by atoms with Gasteiger partial charge >= 0.3 is 5.97 Å². The van der Waals surface area contributed by atoms with Gasteiger partial charge in [-0.2, -0.15) is 0 Å². The van der Waals surface area contributed by atoms with Crippen LogP contribution in [0.15, 0.2) is 35.5 Å². The molecule has 1 unspecified atom stereocenters. The average Bonchev–Trinajstić information content (AvgIpc) is 2.65. The Bertz CT molecular complexity index is 778. The second kappa shape index (κ2) is 10.2. The van der Waals surface area contributed by atoms with Gasteiger partial charge in [-0.15, -0.1) is 0 Å². The Balaban J connectivity index is 2.37. The van der Waals surface area contributed by atoms with Crippen molar-refractivity contribution in [3.63, 3.8) is 0 Å². The molecule has 1 N–H and O–H groups in total. The molecule has 0 bridgehead atoms. The first kappa shape index (κ1) is 21.9. The van der Waals surface area contributed by atoms with E-state index in [2.05, 4.69) is 5.32 Å². The lowest BCUT2D eigenvalue weighted by Gasteiger charge is -2.34. The summed E-state index contributed by atoms with van der Waals surface area (Å²) >= 11 is 6.32. The van der Waals surface area contributed by atoms with E-state index in [1.54, 1.807) is 38.1 Å². The first-order valence-corrected chi connectivity index (χ1v) is 9.46. The highest BCUT2D eigenvalue weighted by molar-refractivity contribution is 6.31. The normalized spacial score (nSPS) is 16.9. The van der Waals surface area contributed by atoms with Crippen molar-refractivity contribution >= 4 is 29.4 Å². The van der Waals surface area contributed by atoms with E-state index in [1.807, 2.05) is 0 Å². The van der Waals surface area contributed by atoms with E-state index in [1.165, 1.54) is 12.0 Å². The third kappa shape index (κ3) is 5.11. The molecule has 1 aromatic carbocycles. The molecule has 0 aliphatic carbocycles. The van der Waals surface area contributed by atoms with Crippen molar-refractivity contribution in [1.29, 1.82) is 0 Å². The molecule has 0 spiro atoms. The first-order chi connectivity index (χ1) is 13.4. The topological polar surface area (TPSA) is 84.9 Å². The summed E-state index contributed by atoms with van der Waals surface area (Å²) < 4.78 is 10.1. The van der Waals surface area contributed by atoms with Gasteiger partial charge in [-0.05, 0) is 25.5 Å². The number of nitrogens with zero attached hydrogens (tertiary/aromatic N) is 1. The van der Waals surface area contributed by atoms with E-state index in [0.29, 0.717) is 35.0 Å². The second-order valence-electron chi connectivity index (χ2n) is 6.32. The summed E-state index contributed by atoms with van der Waals surface area (Å²) in [5.41, 5.74) is 1.44. The number of carbonyl (C=O) groups excluding carboxylic acids is 3. The number of hydrogen-bond acceptors (Lipinski definition) is 5. The maximum absolute atomic E-state index is 12.8. The van der Waals surface area contributed by atoms with Gasteiger partial charge in [0.1, 0.15) is 6.54 Å². The predicted molar refractivity (Wildman–Crippen MR) is 105 cm³/mol. The van der Waals surface area contributed by atoms with Gasteiger partial charge in [0, 0.05) is 36.7 Å². The summed E-state index contributed by atoms with van der Waals surface area (Å²) in [7, 11) is 1.54. The van der Waals surface area contributed by atoms with Crippen LogP contribution in [0.4, 0.5) is 0 Å². The molecule has 0 saturated heterocycles. The Morgan fingerprint density at radius 1 is 1.32 bits per heavy atom. The molecule has 8 heteroatoms. The predicted octanol–water partition coefficient (Wildman–Crippen LogP) is 2.26. The van der Waals surface area contributed by atoms with Crippen LogP contribution in [0.25, 0.3) is 0 Å². The van der Waals surface area contributed by atoms with Gasteiger partial charge in [0.05, 0.1) is 18.8 Å². The summed E-state index contributed by atoms with van der Waals surface area (Å²) in [6.07, 6.45) is 0.0283. The van der Waals surface area contributed by atoms with Crippen LogP contribution in [0.1, 0.15) is 31.7 Å². The lowest BCUT2D eigenvalue weighted by molar-refractivity contribution is -0.141. The number of benzene rings is 1. The summed E-state index contributed by atoms with van der Waals surface area (Å²) in [6.45, 7) is 4.11. The van der Waals surface area contributed by atoms with Crippen molar-refractivity contribution in [1.82, 2.24) is 10.2 Å². The highest BCUT2D eigenvalue weighted by Crippen LogP contribution is 2.39. The van der Waals surface area contributed by atoms with Gasteiger partial charge in [-0.3, -0.25) is 9.59 Å². The summed E-state index contributed by atoms with van der Waals surface area (Å²) in [5.74, 6) is -1.61. The van der Waals surface area contributed by atoms with E-state index in [4.69, 9.17) is 21.1 Å². The highest BCUT2D eigenvalue weighted by Gasteiger charge is 2.38. The minimum absolute atomic E-state index is 0.0283. The molecule has 7 nitrogen and oxygen atoms in total. The standard InChI is InChI=1S/C20H25ClN2O5/c1-4-28-20(26)19-13(2)23(12-17(24)22-9-10-27-3)18(25)11-15(19)14-7-5-6-8-16(14)21/h5-8,15H,4,9-12H2,1-3H3,(H,22,24). The molecule has 1 heterocycles. The van der Waals surface area contributed by atoms with Crippen molar-refractivity contribution in [2.75, 3.05) is 33.4 Å². The molecule has 1 aliphatic rings. The SMILES string of the molecule is CCOC(=O)C1=C(C)N(CC(=O)NCCOC)C(=O)CC1c1ccccc1Cl. The first-order valence-electron chi connectivity index (χ1n) is 9.09. The zero-order valence-corrected chi connectivity index (χ0v) is 17.0. The van der Waals surface area contributed by atoms with Gasteiger partial charge < -0.3 is 19.7 Å². The number of halogens is 1. The molecule has 2 amide bonds. The fourth-order valence-corrected chi connectivity index (χ4v) is 3.46. The molecule has 1 aromatic rings. The molecule has 0 aromatic heterocycles. The molecular weight excluding hydrogens is 384 g/mol. The van der Waals surface area contributed by atoms with Crippen LogP contribution in [0.3, 0.4) is 0 Å². The number of methoxy groups -OCH3 is 1. The largest absolute Gasteiger partial charge is 0.463 e. The van der Waals surface area contributed by atoms with Gasteiger partial charge in [-0.1, -0.05) is 29.8 Å². The van der Waals surface area contributed by atoms with Gasteiger partial charge in [0.25, 0.3) is 0 Å². The Morgan fingerprint density at radius 2 is 2.04 bits per heavy atom. The van der Waals surface area contributed by atoms with Crippen molar-refractivity contribution in [2.24, 2.45) is 0 Å². The maximum atomic E-state index is 12.8. The molecule has 0 radical (unpaired) electrons. The summed E-state index contributed by atoms with van der Waals surface area (Å²) in [4.78, 5) is 38.9. The van der Waals surface area contributed by atoms with Gasteiger partial charge in [0.2, 0.25) is 11.8 Å². The van der Waals surface area contributed by atoms with Crippen molar-refractivity contribution < 1.29 is 23.9 Å². The maximum Gasteiger partial charge on any atom is 0.336 e. The third-order valence-electron chi connectivity index (χ3n) is 4.53. The number of allylic oxidation sites excluding steroid dienone is 1. The smallest absolute Gasteiger partial charge is 0.336 e. The number of carbonyl (C=O) groups is 3. The number of esters is 1. The van der Waals surface area contributed by atoms with Crippen molar-refractivity contribution in [2.45, 2.75) is 26.2 Å². The number of hydrogen-bond donors (Lipinski definition) is 1. The average molecular weight is 409 g/mol. The Labute approximate surface area is 169 Å². The van der Waals surface area contributed by atoms with Crippen LogP contribution < -0.4 is 5.32 Å². The van der Waals surface area contributed by atoms with E-state index >= 15 is 0 Å². The number of amides is 2. The Morgan fingerprint density at radius 3 is 2.68 bits per heavy atom. The van der Waals surface area contributed by atoms with Gasteiger partial charge in [-0.25, -0.2) is 4.79 Å². The van der Waals surface area contributed by atoms with Crippen LogP contribution in [-0.4, -0.2) is 56.1 Å². The number of rotatable bonds is 8. The lowest BCUT2D eigenvalue weighted by Crippen LogP contribution is -2.44. The van der Waals surface area contributed by atoms with E-state index in [9.17, 15) is 14.4 Å². The molecule has 152 valence electrons. The Hall–Kier alpha value is -2.38. The molecule has 1 atom stereocenters. The third-order valence-corrected chi connectivity index (χ3v) is 4.87. The second-order valence-corrected chi connectivity index (χ2v) is 6.73. The van der Waals surface area contributed by atoms with Crippen LogP contribution in [0.2, 0.25) is 5.02 Å². The number of nitrogens with one attached hydrogen (secondary N) is 1. The van der Waals surface area contributed by atoms with E-state index < -0.39 is 11.9 Å². The molecular formula is C20H25ClN2O5. The van der Waals surface area contributed by atoms with E-state index in [-0.39, 0.29) is 31.4 Å². The quantitative estimate of drug-likeness (QED) is 0.526. The fraction of sp³-hybridized carbons (Fsp3) is 0.450. The molecule has 1 aliphatic heterocycles. The molecule has 0 saturated carbocycles. The highest BCUT2D eigenvalue weighted by atomic mass is 35.5. The summed E-state index contributed by atoms with van der Waals surface area (Å²) in [6, 6.07) is 7.10. The zero-order chi connectivity index (χ0) is 20.7. The van der Waals surface area contributed by atoms with Crippen LogP contribution in [0, 0.1) is 0 Å². The fourth-order valence-electron chi connectivity index (χ4n) is 3.19. The monoisotopic (exact) mass is 408 g/mol. The Kier molecular flexibility index (Phi) is 8.02. The molecule has 28 heavy (non-hydrogen) atoms. The number of ether oxygens (including phenoxy) is 2.